The molecule has 6 nitrogen and oxygen atoms in total. The quantitative estimate of drug-likeness (QED) is 0.836. The summed E-state index contributed by atoms with van der Waals surface area (Å²) in [6.45, 7) is 9.20. The third kappa shape index (κ3) is 4.58. The van der Waals surface area contributed by atoms with Crippen molar-refractivity contribution in [2.24, 2.45) is 5.92 Å². The molecule has 0 bridgehead atoms. The molecule has 1 aliphatic heterocycles. The van der Waals surface area contributed by atoms with Crippen LogP contribution in [0.15, 0.2) is 0 Å². The van der Waals surface area contributed by atoms with E-state index in [0.717, 1.165) is 36.3 Å². The fraction of sp³-hybridized carbons (Fsp3) is 0.722. The lowest BCUT2D eigenvalue weighted by atomic mass is 9.99. The molecule has 0 radical (unpaired) electrons. The number of carbonyl (C=O) groups excluding carboxylic acids is 2. The number of hydrogen-bond acceptors (Lipinski definition) is 3. The smallest absolute Gasteiger partial charge is 0.224 e. The van der Waals surface area contributed by atoms with Crippen molar-refractivity contribution in [3.05, 3.63) is 17.0 Å². The van der Waals surface area contributed by atoms with Gasteiger partial charge in [0.15, 0.2) is 0 Å². The normalized spacial score (nSPS) is 19.2. The van der Waals surface area contributed by atoms with Crippen molar-refractivity contribution in [1.29, 1.82) is 0 Å². The molecular formula is C18H30N4O2. The standard InChI is InChI=1S/C18H30N4O2/c1-12(11-16-14(3)20-21-15(16)4)18(24)19-9-8-17(23)22-10-6-5-7-13(22)2/h12-13H,5-11H2,1-4H3,(H,19,24)(H,20,21)/t12-,13-/m1/s1. The van der Waals surface area contributed by atoms with Crippen molar-refractivity contribution in [1.82, 2.24) is 20.4 Å². The minimum absolute atomic E-state index is 0.00510. The molecule has 0 saturated carbocycles. The van der Waals surface area contributed by atoms with Crippen LogP contribution >= 0.6 is 0 Å². The Morgan fingerprint density at radius 3 is 2.75 bits per heavy atom. The molecule has 24 heavy (non-hydrogen) atoms. The topological polar surface area (TPSA) is 78.1 Å². The van der Waals surface area contributed by atoms with Crippen molar-refractivity contribution in [2.45, 2.75) is 65.8 Å². The summed E-state index contributed by atoms with van der Waals surface area (Å²) in [5.74, 6) is 0.00943. The van der Waals surface area contributed by atoms with Crippen molar-refractivity contribution in [2.75, 3.05) is 13.1 Å². The molecule has 2 atom stereocenters. The first-order valence-corrected chi connectivity index (χ1v) is 8.97. The van der Waals surface area contributed by atoms with Crippen molar-refractivity contribution >= 4 is 11.8 Å². The summed E-state index contributed by atoms with van der Waals surface area (Å²) in [6.07, 6.45) is 4.41. The predicted octanol–water partition coefficient (Wildman–Crippen LogP) is 2.11. The average molecular weight is 334 g/mol. The van der Waals surface area contributed by atoms with Gasteiger partial charge in [-0.2, -0.15) is 5.10 Å². The average Bonchev–Trinajstić information content (AvgIpc) is 2.86. The second-order valence-electron chi connectivity index (χ2n) is 6.99. The number of aromatic amines is 1. The van der Waals surface area contributed by atoms with E-state index in [1.165, 1.54) is 6.42 Å². The van der Waals surface area contributed by atoms with Crippen LogP contribution in [0.5, 0.6) is 0 Å². The van der Waals surface area contributed by atoms with E-state index in [1.807, 2.05) is 25.7 Å². The molecule has 6 heteroatoms. The number of likely N-dealkylation sites (tertiary alicyclic amines) is 1. The maximum Gasteiger partial charge on any atom is 0.224 e. The highest BCUT2D eigenvalue weighted by molar-refractivity contribution is 5.80. The van der Waals surface area contributed by atoms with Gasteiger partial charge in [-0.3, -0.25) is 14.7 Å². The van der Waals surface area contributed by atoms with Gasteiger partial charge in [0, 0.05) is 37.2 Å². The molecule has 1 aromatic rings. The number of rotatable bonds is 6. The summed E-state index contributed by atoms with van der Waals surface area (Å²) in [6, 6.07) is 0.327. The van der Waals surface area contributed by atoms with E-state index in [4.69, 9.17) is 0 Å². The minimum atomic E-state index is -0.135. The molecule has 1 aromatic heterocycles. The Labute approximate surface area is 144 Å². The van der Waals surface area contributed by atoms with Gasteiger partial charge in [-0.1, -0.05) is 6.92 Å². The first-order valence-electron chi connectivity index (χ1n) is 8.97. The number of nitrogens with zero attached hydrogens (tertiary/aromatic N) is 2. The van der Waals surface area contributed by atoms with Crippen LogP contribution in [0.1, 0.15) is 56.5 Å². The number of amides is 2. The molecule has 2 N–H and O–H groups in total. The van der Waals surface area contributed by atoms with Gasteiger partial charge in [-0.15, -0.1) is 0 Å². The summed E-state index contributed by atoms with van der Waals surface area (Å²) >= 11 is 0. The SMILES string of the molecule is Cc1n[nH]c(C)c1C[C@@H](C)C(=O)NCCC(=O)N1CCCC[C@H]1C. The molecule has 1 aliphatic rings. The van der Waals surface area contributed by atoms with E-state index in [2.05, 4.69) is 22.4 Å². The lowest BCUT2D eigenvalue weighted by Gasteiger charge is -2.33. The maximum atomic E-state index is 12.3. The van der Waals surface area contributed by atoms with Crippen LogP contribution in [-0.2, 0) is 16.0 Å². The van der Waals surface area contributed by atoms with Crippen LogP contribution in [0.2, 0.25) is 0 Å². The summed E-state index contributed by atoms with van der Waals surface area (Å²) in [4.78, 5) is 26.5. The van der Waals surface area contributed by atoms with Crippen molar-refractivity contribution in [3.8, 4) is 0 Å². The second kappa shape index (κ2) is 8.31. The van der Waals surface area contributed by atoms with Gasteiger partial charge >= 0.3 is 0 Å². The Balaban J connectivity index is 1.75. The summed E-state index contributed by atoms with van der Waals surface area (Å²) in [5.41, 5.74) is 3.07. The lowest BCUT2D eigenvalue weighted by molar-refractivity contribution is -0.134. The van der Waals surface area contributed by atoms with Crippen LogP contribution in [0.4, 0.5) is 0 Å². The Bertz CT molecular complexity index is 562. The van der Waals surface area contributed by atoms with Gasteiger partial charge in [0.25, 0.3) is 0 Å². The highest BCUT2D eigenvalue weighted by Crippen LogP contribution is 2.17. The number of aryl methyl sites for hydroxylation is 2. The molecule has 2 amide bonds. The number of hydrogen-bond donors (Lipinski definition) is 2. The monoisotopic (exact) mass is 334 g/mol. The van der Waals surface area contributed by atoms with E-state index in [-0.39, 0.29) is 17.7 Å². The van der Waals surface area contributed by atoms with E-state index in [9.17, 15) is 9.59 Å². The van der Waals surface area contributed by atoms with Gasteiger partial charge in [-0.25, -0.2) is 0 Å². The molecule has 2 rings (SSSR count). The van der Waals surface area contributed by atoms with Gasteiger partial charge in [0.05, 0.1) is 5.69 Å². The Kier molecular flexibility index (Phi) is 6.40. The van der Waals surface area contributed by atoms with E-state index < -0.39 is 0 Å². The third-order valence-corrected chi connectivity index (χ3v) is 5.00. The predicted molar refractivity (Wildman–Crippen MR) is 93.6 cm³/mol. The maximum absolute atomic E-state index is 12.3. The molecule has 1 fully saturated rings. The first-order chi connectivity index (χ1) is 11.4. The zero-order valence-electron chi connectivity index (χ0n) is 15.3. The number of carbonyl (C=O) groups is 2. The fourth-order valence-electron chi connectivity index (χ4n) is 3.35. The molecule has 0 aliphatic carbocycles. The summed E-state index contributed by atoms with van der Waals surface area (Å²) < 4.78 is 0. The second-order valence-corrected chi connectivity index (χ2v) is 6.99. The van der Waals surface area contributed by atoms with E-state index >= 15 is 0 Å². The van der Waals surface area contributed by atoms with Gasteiger partial charge in [0.1, 0.15) is 0 Å². The Morgan fingerprint density at radius 2 is 2.12 bits per heavy atom. The fourth-order valence-corrected chi connectivity index (χ4v) is 3.35. The minimum Gasteiger partial charge on any atom is -0.355 e. The lowest BCUT2D eigenvalue weighted by Crippen LogP contribution is -2.43. The van der Waals surface area contributed by atoms with Crippen molar-refractivity contribution in [3.63, 3.8) is 0 Å². The largest absolute Gasteiger partial charge is 0.355 e. The molecule has 0 aromatic carbocycles. The number of piperidine rings is 1. The molecule has 0 spiro atoms. The van der Waals surface area contributed by atoms with Crippen LogP contribution < -0.4 is 5.32 Å². The van der Waals surface area contributed by atoms with Crippen LogP contribution in [0.3, 0.4) is 0 Å². The number of nitrogens with one attached hydrogen (secondary N) is 2. The Hall–Kier alpha value is -1.85. The highest BCUT2D eigenvalue weighted by atomic mass is 16.2. The third-order valence-electron chi connectivity index (χ3n) is 5.00. The summed E-state index contributed by atoms with van der Waals surface area (Å²) in [5, 5.41) is 10.0. The van der Waals surface area contributed by atoms with Gasteiger partial charge < -0.3 is 10.2 Å². The van der Waals surface area contributed by atoms with E-state index in [1.54, 1.807) is 0 Å². The van der Waals surface area contributed by atoms with Crippen molar-refractivity contribution < 1.29 is 9.59 Å². The van der Waals surface area contributed by atoms with Gasteiger partial charge in [0.2, 0.25) is 11.8 Å². The van der Waals surface area contributed by atoms with Crippen LogP contribution in [0, 0.1) is 19.8 Å². The van der Waals surface area contributed by atoms with E-state index in [0.29, 0.717) is 25.4 Å². The highest BCUT2D eigenvalue weighted by Gasteiger charge is 2.23. The zero-order valence-corrected chi connectivity index (χ0v) is 15.3. The zero-order chi connectivity index (χ0) is 17.7. The molecule has 1 saturated heterocycles. The molecule has 2 heterocycles. The van der Waals surface area contributed by atoms with Crippen LogP contribution in [-0.4, -0.2) is 46.0 Å². The first kappa shape index (κ1) is 18.5. The molecular weight excluding hydrogens is 304 g/mol. The number of H-pyrrole nitrogens is 1. The summed E-state index contributed by atoms with van der Waals surface area (Å²) in [7, 11) is 0. The molecule has 134 valence electrons. The van der Waals surface area contributed by atoms with Crippen LogP contribution in [0.25, 0.3) is 0 Å². The molecule has 0 unspecified atom stereocenters. The van der Waals surface area contributed by atoms with Gasteiger partial charge in [-0.05, 0) is 52.0 Å². The Morgan fingerprint density at radius 1 is 1.38 bits per heavy atom. The number of aromatic nitrogens is 2.